The molecule has 18 heavy (non-hydrogen) atoms. The molecule has 4 heteroatoms. The molecule has 1 aliphatic heterocycles. The topological polar surface area (TPSA) is 32.3 Å². The Morgan fingerprint density at radius 2 is 2.17 bits per heavy atom. The lowest BCUT2D eigenvalue weighted by Crippen LogP contribution is -2.46. The highest BCUT2D eigenvalue weighted by Gasteiger charge is 2.30. The zero-order valence-corrected chi connectivity index (χ0v) is 11.6. The van der Waals surface area contributed by atoms with Crippen molar-refractivity contribution in [1.29, 1.82) is 0 Å². The van der Waals surface area contributed by atoms with E-state index in [9.17, 15) is 9.50 Å². The van der Waals surface area contributed by atoms with Crippen LogP contribution in [-0.4, -0.2) is 17.7 Å². The molecular weight excluding hydrogens is 253 g/mol. The molecule has 0 unspecified atom stereocenters. The highest BCUT2D eigenvalue weighted by Crippen LogP contribution is 2.31. The number of rotatable bonds is 2. The summed E-state index contributed by atoms with van der Waals surface area (Å²) in [7, 11) is 0. The van der Waals surface area contributed by atoms with Crippen LogP contribution < -0.4 is 5.32 Å². The van der Waals surface area contributed by atoms with Crippen molar-refractivity contribution in [2.75, 3.05) is 6.54 Å². The molecule has 1 aromatic carbocycles. The van der Waals surface area contributed by atoms with Crippen molar-refractivity contribution in [3.63, 3.8) is 0 Å². The minimum absolute atomic E-state index is 0. The summed E-state index contributed by atoms with van der Waals surface area (Å²) < 4.78 is 13.1. The molecule has 0 aliphatic carbocycles. The van der Waals surface area contributed by atoms with Gasteiger partial charge in [-0.25, -0.2) is 4.39 Å². The van der Waals surface area contributed by atoms with Crippen molar-refractivity contribution in [1.82, 2.24) is 5.32 Å². The molecule has 0 radical (unpaired) electrons. The Labute approximate surface area is 114 Å². The van der Waals surface area contributed by atoms with Gasteiger partial charge in [0.1, 0.15) is 5.82 Å². The van der Waals surface area contributed by atoms with Crippen LogP contribution >= 0.6 is 12.4 Å². The van der Waals surface area contributed by atoms with Gasteiger partial charge in [0, 0.05) is 12.6 Å². The van der Waals surface area contributed by atoms with Gasteiger partial charge in [-0.1, -0.05) is 26.0 Å². The number of aliphatic hydroxyl groups is 1. The van der Waals surface area contributed by atoms with Gasteiger partial charge in [0.2, 0.25) is 0 Å². The second-order valence-electron chi connectivity index (χ2n) is 5.69. The second kappa shape index (κ2) is 6.00. The fourth-order valence-electron chi connectivity index (χ4n) is 2.34. The zero-order valence-electron chi connectivity index (χ0n) is 10.8. The van der Waals surface area contributed by atoms with Gasteiger partial charge in [0.25, 0.3) is 0 Å². The third-order valence-corrected chi connectivity index (χ3v) is 3.55. The van der Waals surface area contributed by atoms with Crippen LogP contribution in [0.4, 0.5) is 4.39 Å². The summed E-state index contributed by atoms with van der Waals surface area (Å²) in [4.78, 5) is 0. The van der Waals surface area contributed by atoms with Gasteiger partial charge in [-0.15, -0.1) is 12.4 Å². The van der Waals surface area contributed by atoms with Gasteiger partial charge < -0.3 is 10.4 Å². The lowest BCUT2D eigenvalue weighted by molar-refractivity contribution is 0.0867. The molecule has 2 nitrogen and oxygen atoms in total. The summed E-state index contributed by atoms with van der Waals surface area (Å²) in [5.74, 6) is -0.294. The predicted octanol–water partition coefficient (Wildman–Crippen LogP) is 3.06. The van der Waals surface area contributed by atoms with E-state index in [4.69, 9.17) is 0 Å². The third-order valence-electron chi connectivity index (χ3n) is 3.55. The lowest BCUT2D eigenvalue weighted by Gasteiger charge is -2.37. The summed E-state index contributed by atoms with van der Waals surface area (Å²) in [5.41, 5.74) is 0.945. The zero-order chi connectivity index (χ0) is 12.5. The van der Waals surface area contributed by atoms with Crippen molar-refractivity contribution < 1.29 is 9.50 Å². The molecule has 0 amide bonds. The first-order valence-electron chi connectivity index (χ1n) is 6.15. The van der Waals surface area contributed by atoms with E-state index in [-0.39, 0.29) is 29.7 Å². The van der Waals surface area contributed by atoms with Crippen LogP contribution in [0.2, 0.25) is 0 Å². The van der Waals surface area contributed by atoms with Crippen LogP contribution in [0.15, 0.2) is 24.3 Å². The standard InChI is InChI=1S/C14H20FNO.ClH/c1-14(2)7-6-12(16-9-14)13(17)10-4-3-5-11(15)8-10;/h3-5,8,12-13,16-17H,6-7,9H2,1-2H3;1H/t12-,13-;/m0./s1. The molecule has 0 spiro atoms. The molecule has 1 heterocycles. The smallest absolute Gasteiger partial charge is 0.123 e. The van der Waals surface area contributed by atoms with Gasteiger partial charge in [-0.3, -0.25) is 0 Å². The molecule has 0 aromatic heterocycles. The fraction of sp³-hybridized carbons (Fsp3) is 0.571. The molecule has 102 valence electrons. The van der Waals surface area contributed by atoms with Crippen LogP contribution in [0.25, 0.3) is 0 Å². The van der Waals surface area contributed by atoms with E-state index in [1.54, 1.807) is 12.1 Å². The number of hydrogen-bond acceptors (Lipinski definition) is 2. The van der Waals surface area contributed by atoms with Gasteiger partial charge in [0.15, 0.2) is 0 Å². The Morgan fingerprint density at radius 3 is 2.72 bits per heavy atom. The quantitative estimate of drug-likeness (QED) is 0.868. The van der Waals surface area contributed by atoms with Crippen LogP contribution in [0.3, 0.4) is 0 Å². The van der Waals surface area contributed by atoms with E-state index in [2.05, 4.69) is 19.2 Å². The maximum absolute atomic E-state index is 13.1. The van der Waals surface area contributed by atoms with E-state index in [0.717, 1.165) is 19.4 Å². The first-order valence-corrected chi connectivity index (χ1v) is 6.15. The molecule has 0 saturated carbocycles. The molecule has 2 rings (SSSR count). The van der Waals surface area contributed by atoms with E-state index in [0.29, 0.717) is 5.56 Å². The van der Waals surface area contributed by atoms with Gasteiger partial charge in [-0.2, -0.15) is 0 Å². The first-order chi connectivity index (χ1) is 7.98. The molecular formula is C14H21ClFNO. The number of piperidine rings is 1. The second-order valence-corrected chi connectivity index (χ2v) is 5.69. The molecule has 1 aliphatic rings. The number of hydrogen-bond donors (Lipinski definition) is 2. The normalized spacial score (nSPS) is 24.1. The van der Waals surface area contributed by atoms with Crippen molar-refractivity contribution in [3.8, 4) is 0 Å². The molecule has 1 saturated heterocycles. The van der Waals surface area contributed by atoms with Crippen LogP contribution in [0.5, 0.6) is 0 Å². The highest BCUT2D eigenvalue weighted by molar-refractivity contribution is 5.85. The highest BCUT2D eigenvalue weighted by atomic mass is 35.5. The van der Waals surface area contributed by atoms with E-state index in [1.165, 1.54) is 12.1 Å². The van der Waals surface area contributed by atoms with E-state index < -0.39 is 6.10 Å². The Bertz CT molecular complexity index is 387. The van der Waals surface area contributed by atoms with E-state index in [1.807, 2.05) is 0 Å². The Hall–Kier alpha value is -0.640. The molecule has 1 fully saturated rings. The summed E-state index contributed by atoms with van der Waals surface area (Å²) in [6.07, 6.45) is 1.38. The number of aliphatic hydroxyl groups excluding tert-OH is 1. The molecule has 0 bridgehead atoms. The van der Waals surface area contributed by atoms with Gasteiger partial charge in [0.05, 0.1) is 6.10 Å². The summed E-state index contributed by atoms with van der Waals surface area (Å²) in [6, 6.07) is 6.25. The molecule has 1 aromatic rings. The maximum atomic E-state index is 13.1. The van der Waals surface area contributed by atoms with Crippen molar-refractivity contribution in [2.45, 2.75) is 38.8 Å². The molecule has 2 atom stereocenters. The number of halogens is 2. The SMILES string of the molecule is CC1(C)CC[C@@H]([C@@H](O)c2cccc(F)c2)NC1.Cl. The minimum atomic E-state index is -0.623. The predicted molar refractivity (Wildman–Crippen MR) is 73.4 cm³/mol. The maximum Gasteiger partial charge on any atom is 0.123 e. The number of nitrogens with one attached hydrogen (secondary N) is 1. The summed E-state index contributed by atoms with van der Waals surface area (Å²) in [5, 5.41) is 13.6. The Balaban J connectivity index is 0.00000162. The molecule has 2 N–H and O–H groups in total. The van der Waals surface area contributed by atoms with Crippen molar-refractivity contribution >= 4 is 12.4 Å². The van der Waals surface area contributed by atoms with Crippen LogP contribution in [0.1, 0.15) is 38.4 Å². The average Bonchev–Trinajstić information content (AvgIpc) is 2.28. The summed E-state index contributed by atoms with van der Waals surface area (Å²) in [6.45, 7) is 5.32. The first kappa shape index (κ1) is 15.4. The monoisotopic (exact) mass is 273 g/mol. The lowest BCUT2D eigenvalue weighted by atomic mass is 9.80. The Morgan fingerprint density at radius 1 is 1.44 bits per heavy atom. The minimum Gasteiger partial charge on any atom is -0.387 e. The van der Waals surface area contributed by atoms with Crippen molar-refractivity contribution in [2.24, 2.45) is 5.41 Å². The van der Waals surface area contributed by atoms with Crippen LogP contribution in [-0.2, 0) is 0 Å². The third kappa shape index (κ3) is 3.67. The largest absolute Gasteiger partial charge is 0.387 e. The van der Waals surface area contributed by atoms with Gasteiger partial charge >= 0.3 is 0 Å². The van der Waals surface area contributed by atoms with Crippen molar-refractivity contribution in [3.05, 3.63) is 35.6 Å². The summed E-state index contributed by atoms with van der Waals surface area (Å²) >= 11 is 0. The fourth-order valence-corrected chi connectivity index (χ4v) is 2.34. The Kier molecular flexibility index (Phi) is 5.14. The van der Waals surface area contributed by atoms with E-state index >= 15 is 0 Å². The number of benzene rings is 1. The average molecular weight is 274 g/mol. The van der Waals surface area contributed by atoms with Gasteiger partial charge in [-0.05, 0) is 36.0 Å². The van der Waals surface area contributed by atoms with Crippen LogP contribution in [0, 0.1) is 11.2 Å².